The van der Waals surface area contributed by atoms with Gasteiger partial charge in [-0.25, -0.2) is 9.97 Å². The first kappa shape index (κ1) is 19.8. The highest BCUT2D eigenvalue weighted by atomic mass is 16.5. The minimum absolute atomic E-state index is 0.131. The normalized spacial score (nSPS) is 18.2. The molecule has 4 rings (SSSR count). The van der Waals surface area contributed by atoms with Gasteiger partial charge in [0, 0.05) is 36.8 Å². The third kappa shape index (κ3) is 3.68. The number of amides is 1. The van der Waals surface area contributed by atoms with Gasteiger partial charge >= 0.3 is 0 Å². The van der Waals surface area contributed by atoms with Crippen molar-refractivity contribution >= 4 is 5.91 Å². The van der Waals surface area contributed by atoms with Gasteiger partial charge in [-0.2, -0.15) is 0 Å². The summed E-state index contributed by atoms with van der Waals surface area (Å²) in [6.45, 7) is 2.48. The molecule has 4 heterocycles. The molecule has 1 N–H and O–H groups in total. The van der Waals surface area contributed by atoms with Crippen LogP contribution in [-0.2, 0) is 12.1 Å². The molecule has 30 heavy (non-hydrogen) atoms. The van der Waals surface area contributed by atoms with Gasteiger partial charge in [0.2, 0.25) is 5.88 Å². The molecule has 0 saturated heterocycles. The number of carbonyl (C=O) groups is 1. The summed E-state index contributed by atoms with van der Waals surface area (Å²) in [5, 5.41) is 3.09. The predicted octanol–water partition coefficient (Wildman–Crippen LogP) is 2.54. The zero-order valence-electron chi connectivity index (χ0n) is 17.0. The molecule has 0 spiro atoms. The van der Waals surface area contributed by atoms with Crippen LogP contribution in [0.1, 0.15) is 42.4 Å². The van der Waals surface area contributed by atoms with Crippen molar-refractivity contribution in [3.05, 3.63) is 70.7 Å². The first-order valence-electron chi connectivity index (χ1n) is 9.86. The third-order valence-electron chi connectivity index (χ3n) is 5.38. The van der Waals surface area contributed by atoms with Crippen LogP contribution in [0.5, 0.6) is 5.88 Å². The van der Waals surface area contributed by atoms with Crippen LogP contribution in [0, 0.1) is 0 Å². The molecule has 0 saturated carbocycles. The largest absolute Gasteiger partial charge is 0.480 e. The van der Waals surface area contributed by atoms with E-state index in [-0.39, 0.29) is 17.3 Å². The second kappa shape index (κ2) is 8.06. The van der Waals surface area contributed by atoms with Gasteiger partial charge in [0.25, 0.3) is 11.5 Å². The number of carbonyl (C=O) groups excluding carboxylic acids is 1. The van der Waals surface area contributed by atoms with Gasteiger partial charge in [0.15, 0.2) is 0 Å². The highest BCUT2D eigenvalue weighted by Gasteiger charge is 2.36. The summed E-state index contributed by atoms with van der Waals surface area (Å²) in [5.41, 5.74) is 0.751. The fourth-order valence-corrected chi connectivity index (χ4v) is 3.84. The lowest BCUT2D eigenvalue weighted by atomic mass is 9.93. The van der Waals surface area contributed by atoms with Crippen LogP contribution in [0.15, 0.2) is 53.7 Å². The van der Waals surface area contributed by atoms with E-state index in [1.165, 1.54) is 13.2 Å². The molecule has 3 aromatic rings. The van der Waals surface area contributed by atoms with E-state index in [9.17, 15) is 9.59 Å². The molecule has 1 aliphatic rings. The monoisotopic (exact) mass is 405 g/mol. The maximum absolute atomic E-state index is 13.1. The number of hydrogen-bond donors (Lipinski definition) is 1. The summed E-state index contributed by atoms with van der Waals surface area (Å²) in [7, 11) is 1.48. The summed E-state index contributed by atoms with van der Waals surface area (Å²) in [4.78, 5) is 39.0. The van der Waals surface area contributed by atoms with E-state index < -0.39 is 5.54 Å². The first-order chi connectivity index (χ1) is 14.5. The van der Waals surface area contributed by atoms with Gasteiger partial charge in [0.1, 0.15) is 11.4 Å². The van der Waals surface area contributed by atoms with Crippen molar-refractivity contribution in [2.75, 3.05) is 7.11 Å². The number of ether oxygens (including phenoxy) is 1. The molecule has 0 fully saturated rings. The number of fused-ring (bicyclic) bond motifs is 1. The van der Waals surface area contributed by atoms with Crippen molar-refractivity contribution in [2.45, 2.75) is 38.3 Å². The SMILES string of the molecule is COc1ncccc1C(=O)NC1(C)CCCCn2c1nc(-c1ccncc1)cc2=O. The van der Waals surface area contributed by atoms with Crippen molar-refractivity contribution < 1.29 is 9.53 Å². The number of pyridine rings is 2. The Kier molecular flexibility index (Phi) is 5.31. The molecule has 1 unspecified atom stereocenters. The molecule has 0 bridgehead atoms. The summed E-state index contributed by atoms with van der Waals surface area (Å²) >= 11 is 0. The Morgan fingerprint density at radius 2 is 2.00 bits per heavy atom. The Hall–Kier alpha value is -3.55. The maximum atomic E-state index is 13.1. The van der Waals surface area contributed by atoms with Gasteiger partial charge in [-0.1, -0.05) is 0 Å². The highest BCUT2D eigenvalue weighted by Crippen LogP contribution is 2.30. The number of nitrogens with one attached hydrogen (secondary N) is 1. The smallest absolute Gasteiger partial charge is 0.257 e. The van der Waals surface area contributed by atoms with Gasteiger partial charge in [-0.3, -0.25) is 19.1 Å². The average Bonchev–Trinajstić information content (AvgIpc) is 2.93. The molecular weight excluding hydrogens is 382 g/mol. The lowest BCUT2D eigenvalue weighted by Crippen LogP contribution is -2.47. The molecule has 8 nitrogen and oxygen atoms in total. The molecule has 154 valence electrons. The van der Waals surface area contributed by atoms with E-state index >= 15 is 0 Å². The van der Waals surface area contributed by atoms with Crippen LogP contribution < -0.4 is 15.6 Å². The number of hydrogen-bond acceptors (Lipinski definition) is 6. The Balaban J connectivity index is 1.79. The second-order valence-electron chi connectivity index (χ2n) is 7.49. The zero-order valence-corrected chi connectivity index (χ0v) is 17.0. The predicted molar refractivity (Wildman–Crippen MR) is 111 cm³/mol. The van der Waals surface area contributed by atoms with Crippen molar-refractivity contribution in [3.63, 3.8) is 0 Å². The van der Waals surface area contributed by atoms with E-state index in [2.05, 4.69) is 15.3 Å². The topological polar surface area (TPSA) is 99.0 Å². The Labute approximate surface area is 174 Å². The molecule has 0 aromatic carbocycles. The van der Waals surface area contributed by atoms with Crippen LogP contribution in [0.25, 0.3) is 11.3 Å². The third-order valence-corrected chi connectivity index (χ3v) is 5.38. The highest BCUT2D eigenvalue weighted by molar-refractivity contribution is 5.96. The van der Waals surface area contributed by atoms with Gasteiger partial charge in [0.05, 0.1) is 18.3 Å². The minimum Gasteiger partial charge on any atom is -0.480 e. The average molecular weight is 405 g/mol. The summed E-state index contributed by atoms with van der Waals surface area (Å²) in [6.07, 6.45) is 7.25. The van der Waals surface area contributed by atoms with Crippen LogP contribution >= 0.6 is 0 Å². The van der Waals surface area contributed by atoms with Crippen LogP contribution in [0.3, 0.4) is 0 Å². The molecule has 3 aromatic heterocycles. The maximum Gasteiger partial charge on any atom is 0.257 e. The van der Waals surface area contributed by atoms with Crippen molar-refractivity contribution in [2.24, 2.45) is 0 Å². The van der Waals surface area contributed by atoms with Gasteiger partial charge in [-0.15, -0.1) is 0 Å². The number of methoxy groups -OCH3 is 1. The molecule has 1 atom stereocenters. The van der Waals surface area contributed by atoms with Crippen LogP contribution in [0.2, 0.25) is 0 Å². The Morgan fingerprint density at radius 3 is 2.77 bits per heavy atom. The first-order valence-corrected chi connectivity index (χ1v) is 9.86. The minimum atomic E-state index is -0.823. The Bertz CT molecular complexity index is 1130. The molecule has 8 heteroatoms. The van der Waals surface area contributed by atoms with Crippen LogP contribution in [-0.4, -0.2) is 32.5 Å². The zero-order chi connectivity index (χ0) is 21.1. The Morgan fingerprint density at radius 1 is 1.20 bits per heavy atom. The second-order valence-corrected chi connectivity index (χ2v) is 7.49. The van der Waals surface area contributed by atoms with E-state index in [1.807, 2.05) is 19.1 Å². The van der Waals surface area contributed by atoms with E-state index in [0.717, 1.165) is 18.4 Å². The number of nitrogens with zero attached hydrogens (tertiary/aromatic N) is 4. The van der Waals surface area contributed by atoms with Crippen molar-refractivity contribution in [1.82, 2.24) is 24.8 Å². The molecule has 1 aliphatic heterocycles. The fraction of sp³-hybridized carbons (Fsp3) is 0.318. The van der Waals surface area contributed by atoms with Gasteiger partial charge < -0.3 is 10.1 Å². The quantitative estimate of drug-likeness (QED) is 0.716. The lowest BCUT2D eigenvalue weighted by molar-refractivity contribution is 0.0890. The van der Waals surface area contributed by atoms with Crippen LogP contribution in [0.4, 0.5) is 0 Å². The fourth-order valence-electron chi connectivity index (χ4n) is 3.84. The number of rotatable bonds is 4. The molecule has 0 aliphatic carbocycles. The summed E-state index contributed by atoms with van der Waals surface area (Å²) in [5.74, 6) is 0.484. The standard InChI is InChI=1S/C22H23N5O3/c1-22(26-19(29)16-6-5-10-24-20(16)30-2)9-3-4-13-27-18(28)14-17(25-21(22)27)15-7-11-23-12-8-15/h5-8,10-12,14H,3-4,9,13H2,1-2H3,(H,26,29). The molecule has 1 amide bonds. The summed E-state index contributed by atoms with van der Waals surface area (Å²) in [6, 6.07) is 8.51. The van der Waals surface area contributed by atoms with E-state index in [1.54, 1.807) is 35.3 Å². The number of aromatic nitrogens is 4. The van der Waals surface area contributed by atoms with E-state index in [0.29, 0.717) is 30.0 Å². The van der Waals surface area contributed by atoms with Crippen molar-refractivity contribution in [1.29, 1.82) is 0 Å². The van der Waals surface area contributed by atoms with Crippen molar-refractivity contribution in [3.8, 4) is 17.1 Å². The molecule has 0 radical (unpaired) electrons. The van der Waals surface area contributed by atoms with Gasteiger partial charge in [-0.05, 0) is 50.5 Å². The summed E-state index contributed by atoms with van der Waals surface area (Å²) < 4.78 is 6.90. The molecular formula is C22H23N5O3. The lowest BCUT2D eigenvalue weighted by Gasteiger charge is -2.31. The van der Waals surface area contributed by atoms with E-state index in [4.69, 9.17) is 9.72 Å².